The molecule has 0 unspecified atom stereocenters. The van der Waals surface area contributed by atoms with Gasteiger partial charge in [0.15, 0.2) is 16.6 Å². The van der Waals surface area contributed by atoms with Crippen LogP contribution in [-0.4, -0.2) is 17.0 Å². The molecular weight excluding hydrogens is 270 g/mol. The Morgan fingerprint density at radius 1 is 1.15 bits per heavy atom. The van der Waals surface area contributed by atoms with Gasteiger partial charge in [-0.2, -0.15) is 4.37 Å². The number of nitrogen functional groups attached to an aromatic ring is 1. The number of nitrogens with zero attached hydrogens (tertiary/aromatic N) is 1. The van der Waals surface area contributed by atoms with E-state index < -0.39 is 0 Å². The third-order valence-electron chi connectivity index (χ3n) is 3.02. The first kappa shape index (κ1) is 17.1. The number of rotatable bonds is 10. The second-order valence-corrected chi connectivity index (χ2v) is 6.69. The lowest BCUT2D eigenvalue weighted by Crippen LogP contribution is -2.09. The average Bonchev–Trinajstić information content (AvgIpc) is 2.69. The predicted molar refractivity (Wildman–Crippen MR) is 88.7 cm³/mol. The monoisotopic (exact) mass is 299 g/mol. The van der Waals surface area contributed by atoms with Crippen molar-refractivity contribution in [2.45, 2.75) is 65.9 Å². The molecule has 0 atom stereocenters. The van der Waals surface area contributed by atoms with Crippen LogP contribution in [0.2, 0.25) is 0 Å². The fourth-order valence-corrected chi connectivity index (χ4v) is 2.66. The molecule has 0 amide bonds. The fraction of sp³-hybridized carbons (Fsp3) is 0.800. The summed E-state index contributed by atoms with van der Waals surface area (Å²) in [6.45, 7) is 9.51. The molecule has 0 aromatic carbocycles. The zero-order valence-electron chi connectivity index (χ0n) is 13.2. The Morgan fingerprint density at radius 2 is 1.85 bits per heavy atom. The molecule has 20 heavy (non-hydrogen) atoms. The van der Waals surface area contributed by atoms with Crippen LogP contribution in [-0.2, 0) is 0 Å². The molecule has 0 aliphatic rings. The van der Waals surface area contributed by atoms with Gasteiger partial charge in [-0.3, -0.25) is 0 Å². The summed E-state index contributed by atoms with van der Waals surface area (Å²) in [7, 11) is 0. The summed E-state index contributed by atoms with van der Waals surface area (Å²) in [5.41, 5.74) is 5.82. The Balaban J connectivity index is 2.22. The van der Waals surface area contributed by atoms with Gasteiger partial charge in [0.05, 0.1) is 6.10 Å². The highest BCUT2D eigenvalue weighted by Crippen LogP contribution is 2.35. The molecule has 1 heterocycles. The quantitative estimate of drug-likeness (QED) is 0.623. The van der Waals surface area contributed by atoms with Crippen LogP contribution in [0.15, 0.2) is 0 Å². The van der Waals surface area contributed by atoms with E-state index >= 15 is 0 Å². The number of ether oxygens (including phenoxy) is 1. The van der Waals surface area contributed by atoms with Crippen LogP contribution in [0.3, 0.4) is 0 Å². The van der Waals surface area contributed by atoms with Gasteiger partial charge in [-0.1, -0.05) is 39.5 Å². The lowest BCUT2D eigenvalue weighted by molar-refractivity contribution is 0.245. The molecule has 0 bridgehead atoms. The molecule has 4 nitrogen and oxygen atoms in total. The number of hydrogen-bond donors (Lipinski definition) is 2. The van der Waals surface area contributed by atoms with E-state index in [1.54, 1.807) is 0 Å². The van der Waals surface area contributed by atoms with Crippen molar-refractivity contribution in [3.8, 4) is 5.75 Å². The summed E-state index contributed by atoms with van der Waals surface area (Å²) >= 11 is 1.38. The van der Waals surface area contributed by atoms with Crippen LogP contribution in [0, 0.1) is 5.92 Å². The van der Waals surface area contributed by atoms with E-state index in [1.807, 2.05) is 13.8 Å². The lowest BCUT2D eigenvalue weighted by atomic mass is 10.0. The van der Waals surface area contributed by atoms with E-state index in [9.17, 15) is 0 Å². The second kappa shape index (κ2) is 9.06. The SMILES string of the molecule is CC(C)CCCCCCNc1snc(N)c1OC(C)C. The molecule has 1 aromatic heterocycles. The van der Waals surface area contributed by atoms with Gasteiger partial charge in [0.25, 0.3) is 0 Å². The van der Waals surface area contributed by atoms with Gasteiger partial charge in [-0.05, 0) is 37.7 Å². The maximum Gasteiger partial charge on any atom is 0.197 e. The summed E-state index contributed by atoms with van der Waals surface area (Å²) < 4.78 is 9.85. The van der Waals surface area contributed by atoms with Crippen LogP contribution >= 0.6 is 11.5 Å². The largest absolute Gasteiger partial charge is 0.484 e. The summed E-state index contributed by atoms with van der Waals surface area (Å²) in [6.07, 6.45) is 6.56. The van der Waals surface area contributed by atoms with E-state index in [1.165, 1.54) is 43.6 Å². The average molecular weight is 299 g/mol. The van der Waals surface area contributed by atoms with Crippen molar-refractivity contribution in [3.63, 3.8) is 0 Å². The van der Waals surface area contributed by atoms with Crippen molar-refractivity contribution < 1.29 is 4.74 Å². The third kappa shape index (κ3) is 6.46. The van der Waals surface area contributed by atoms with Crippen LogP contribution in [0.4, 0.5) is 10.8 Å². The molecule has 0 saturated carbocycles. The summed E-state index contributed by atoms with van der Waals surface area (Å²) in [5, 5.41) is 4.35. The van der Waals surface area contributed by atoms with Crippen molar-refractivity contribution in [3.05, 3.63) is 0 Å². The third-order valence-corrected chi connectivity index (χ3v) is 3.82. The minimum atomic E-state index is 0.116. The van der Waals surface area contributed by atoms with Gasteiger partial charge >= 0.3 is 0 Å². The summed E-state index contributed by atoms with van der Waals surface area (Å²) in [5.74, 6) is 2.02. The van der Waals surface area contributed by atoms with Gasteiger partial charge in [0.2, 0.25) is 0 Å². The molecule has 5 heteroatoms. The molecule has 0 aliphatic carbocycles. The van der Waals surface area contributed by atoms with Crippen LogP contribution in [0.5, 0.6) is 5.75 Å². The van der Waals surface area contributed by atoms with E-state index in [4.69, 9.17) is 10.5 Å². The Hall–Kier alpha value is -0.970. The van der Waals surface area contributed by atoms with Gasteiger partial charge < -0.3 is 15.8 Å². The van der Waals surface area contributed by atoms with Gasteiger partial charge in [-0.25, -0.2) is 0 Å². The number of nitrogens with one attached hydrogen (secondary N) is 1. The molecule has 0 fully saturated rings. The molecule has 1 rings (SSSR count). The Kier molecular flexibility index (Phi) is 7.73. The standard InChI is InChI=1S/C15H29N3OS/c1-11(2)9-7-5-6-8-10-17-15-13(19-12(3)4)14(16)18-20-15/h11-12,17H,5-10H2,1-4H3,(H2,16,18). The topological polar surface area (TPSA) is 60.2 Å². The van der Waals surface area contributed by atoms with E-state index in [-0.39, 0.29) is 6.10 Å². The van der Waals surface area contributed by atoms with Crippen molar-refractivity contribution in [1.29, 1.82) is 0 Å². The molecule has 1 aromatic rings. The van der Waals surface area contributed by atoms with E-state index in [0.29, 0.717) is 11.6 Å². The van der Waals surface area contributed by atoms with Crippen molar-refractivity contribution in [1.82, 2.24) is 4.37 Å². The molecule has 0 spiro atoms. The Labute approximate surface area is 127 Å². The van der Waals surface area contributed by atoms with Crippen molar-refractivity contribution in [2.24, 2.45) is 5.92 Å². The zero-order chi connectivity index (χ0) is 15.0. The summed E-state index contributed by atoms with van der Waals surface area (Å²) in [4.78, 5) is 0. The molecular formula is C15H29N3OS. The number of nitrogens with two attached hydrogens (primary N) is 1. The Morgan fingerprint density at radius 3 is 2.50 bits per heavy atom. The van der Waals surface area contributed by atoms with Gasteiger partial charge in [0, 0.05) is 6.54 Å². The molecule has 0 aliphatic heterocycles. The minimum Gasteiger partial charge on any atom is -0.484 e. The summed E-state index contributed by atoms with van der Waals surface area (Å²) in [6, 6.07) is 0. The maximum absolute atomic E-state index is 5.82. The van der Waals surface area contributed by atoms with Crippen LogP contribution in [0.25, 0.3) is 0 Å². The normalized spacial score (nSPS) is 11.3. The molecule has 0 radical (unpaired) electrons. The number of hydrogen-bond acceptors (Lipinski definition) is 5. The van der Waals surface area contributed by atoms with Crippen molar-refractivity contribution in [2.75, 3.05) is 17.6 Å². The minimum absolute atomic E-state index is 0.116. The highest BCUT2D eigenvalue weighted by Gasteiger charge is 2.13. The van der Waals surface area contributed by atoms with Gasteiger partial charge in [-0.15, -0.1) is 0 Å². The highest BCUT2D eigenvalue weighted by atomic mass is 32.1. The highest BCUT2D eigenvalue weighted by molar-refractivity contribution is 7.11. The Bertz CT molecular complexity index is 377. The zero-order valence-corrected chi connectivity index (χ0v) is 14.1. The molecule has 116 valence electrons. The molecule has 3 N–H and O–H groups in total. The smallest absolute Gasteiger partial charge is 0.197 e. The van der Waals surface area contributed by atoms with Crippen LogP contribution < -0.4 is 15.8 Å². The van der Waals surface area contributed by atoms with E-state index in [2.05, 4.69) is 23.5 Å². The predicted octanol–water partition coefficient (Wildman–Crippen LogP) is 4.53. The number of anilines is 2. The number of unbranched alkanes of at least 4 members (excludes halogenated alkanes) is 3. The first-order valence-electron chi connectivity index (χ1n) is 7.66. The number of aromatic nitrogens is 1. The maximum atomic E-state index is 5.82. The van der Waals surface area contributed by atoms with E-state index in [0.717, 1.165) is 17.5 Å². The van der Waals surface area contributed by atoms with Crippen LogP contribution in [0.1, 0.15) is 59.8 Å². The van der Waals surface area contributed by atoms with Crippen molar-refractivity contribution >= 4 is 22.4 Å². The first-order chi connectivity index (χ1) is 9.50. The molecule has 0 saturated heterocycles. The van der Waals surface area contributed by atoms with Gasteiger partial charge in [0.1, 0.15) is 0 Å². The fourth-order valence-electron chi connectivity index (χ4n) is 1.99. The lowest BCUT2D eigenvalue weighted by Gasteiger charge is -2.11. The second-order valence-electron chi connectivity index (χ2n) is 5.92. The first-order valence-corrected chi connectivity index (χ1v) is 8.43.